The van der Waals surface area contributed by atoms with Gasteiger partial charge < -0.3 is 5.32 Å². The van der Waals surface area contributed by atoms with Gasteiger partial charge in [-0.15, -0.1) is 0 Å². The van der Waals surface area contributed by atoms with Crippen molar-refractivity contribution >= 4 is 17.7 Å². The number of nitrogens with zero attached hydrogens (tertiary/aromatic N) is 3. The third-order valence-corrected chi connectivity index (χ3v) is 3.84. The Hall–Kier alpha value is -3.01. The molecule has 3 aromatic rings. The molecule has 0 aliphatic carbocycles. The van der Waals surface area contributed by atoms with Gasteiger partial charge in [0.15, 0.2) is 5.82 Å². The summed E-state index contributed by atoms with van der Waals surface area (Å²) in [5, 5.41) is 3.35. The minimum Gasteiger partial charge on any atom is -0.340 e. The van der Waals surface area contributed by atoms with E-state index >= 15 is 0 Å². The van der Waals surface area contributed by atoms with Gasteiger partial charge in [0.2, 0.25) is 0 Å². The number of fused-ring (bicyclic) bond motifs is 1. The van der Waals surface area contributed by atoms with Crippen LogP contribution < -0.4 is 5.32 Å². The van der Waals surface area contributed by atoms with Crippen molar-refractivity contribution < 1.29 is 0 Å². The monoisotopic (exact) mass is 300 g/mol. The van der Waals surface area contributed by atoms with Crippen molar-refractivity contribution in [3.05, 3.63) is 71.4 Å². The summed E-state index contributed by atoms with van der Waals surface area (Å²) in [4.78, 5) is 13.3. The van der Waals surface area contributed by atoms with Gasteiger partial charge in [0, 0.05) is 23.7 Å². The van der Waals surface area contributed by atoms with Gasteiger partial charge in [-0.25, -0.2) is 9.97 Å². The second kappa shape index (κ2) is 5.65. The fourth-order valence-corrected chi connectivity index (χ4v) is 2.68. The number of anilines is 2. The summed E-state index contributed by atoms with van der Waals surface area (Å²) in [6.07, 6.45) is 3.69. The standard InChI is InChI=1S/C19H16N4/c1-13-3-2-4-14(9-13)19-21-8-7-18(23-19)22-17-6-5-15-11-20-12-16(15)10-17/h2-10,12H,11H2,1H3,(H,21,22,23). The Morgan fingerprint density at radius 2 is 2.00 bits per heavy atom. The van der Waals surface area contributed by atoms with Crippen molar-refractivity contribution in [1.29, 1.82) is 0 Å². The highest BCUT2D eigenvalue weighted by Gasteiger charge is 2.08. The molecule has 1 N–H and O–H groups in total. The summed E-state index contributed by atoms with van der Waals surface area (Å²) in [7, 11) is 0. The Kier molecular flexibility index (Phi) is 3.35. The van der Waals surface area contributed by atoms with E-state index in [1.54, 1.807) is 6.20 Å². The van der Waals surface area contributed by atoms with Crippen LogP contribution in [0, 0.1) is 6.92 Å². The van der Waals surface area contributed by atoms with E-state index < -0.39 is 0 Å². The van der Waals surface area contributed by atoms with Crippen molar-refractivity contribution in [2.45, 2.75) is 13.5 Å². The highest BCUT2D eigenvalue weighted by Crippen LogP contribution is 2.23. The van der Waals surface area contributed by atoms with Gasteiger partial charge in [0.1, 0.15) is 5.82 Å². The van der Waals surface area contributed by atoms with Crippen LogP contribution in [0.1, 0.15) is 16.7 Å². The summed E-state index contributed by atoms with van der Waals surface area (Å²) in [5.41, 5.74) is 5.66. The first kappa shape index (κ1) is 13.6. The number of aliphatic imine (C=N–C) groups is 1. The van der Waals surface area contributed by atoms with Crippen molar-refractivity contribution in [2.75, 3.05) is 5.32 Å². The van der Waals surface area contributed by atoms with Crippen LogP contribution >= 0.6 is 0 Å². The lowest BCUT2D eigenvalue weighted by Crippen LogP contribution is -1.98. The molecule has 0 saturated carbocycles. The van der Waals surface area contributed by atoms with E-state index in [2.05, 4.69) is 57.5 Å². The first-order valence-electron chi connectivity index (χ1n) is 7.58. The number of aromatic nitrogens is 2. The maximum absolute atomic E-state index is 4.62. The van der Waals surface area contributed by atoms with Crippen LogP contribution in [0.25, 0.3) is 11.4 Å². The summed E-state index contributed by atoms with van der Waals surface area (Å²) < 4.78 is 0. The molecule has 4 heteroatoms. The van der Waals surface area contributed by atoms with E-state index in [0.29, 0.717) is 0 Å². The molecule has 0 bridgehead atoms. The number of aryl methyl sites for hydroxylation is 1. The third-order valence-electron chi connectivity index (χ3n) is 3.84. The van der Waals surface area contributed by atoms with Crippen LogP contribution in [0.3, 0.4) is 0 Å². The molecule has 0 spiro atoms. The highest BCUT2D eigenvalue weighted by atomic mass is 15.0. The molecule has 0 unspecified atom stereocenters. The molecular formula is C19H16N4. The Balaban J connectivity index is 1.63. The molecular weight excluding hydrogens is 284 g/mol. The van der Waals surface area contributed by atoms with E-state index in [1.165, 1.54) is 16.7 Å². The molecule has 0 saturated heterocycles. The predicted molar refractivity (Wildman–Crippen MR) is 93.2 cm³/mol. The zero-order valence-electron chi connectivity index (χ0n) is 12.8. The fourth-order valence-electron chi connectivity index (χ4n) is 2.68. The van der Waals surface area contributed by atoms with Gasteiger partial charge in [0.05, 0.1) is 6.54 Å². The lowest BCUT2D eigenvalue weighted by atomic mass is 10.1. The quantitative estimate of drug-likeness (QED) is 0.791. The van der Waals surface area contributed by atoms with Crippen LogP contribution in [-0.4, -0.2) is 16.2 Å². The molecule has 0 amide bonds. The van der Waals surface area contributed by atoms with E-state index in [4.69, 9.17) is 0 Å². The molecule has 2 aromatic carbocycles. The number of hydrogen-bond donors (Lipinski definition) is 1. The summed E-state index contributed by atoms with van der Waals surface area (Å²) >= 11 is 0. The smallest absolute Gasteiger partial charge is 0.161 e. The molecule has 23 heavy (non-hydrogen) atoms. The highest BCUT2D eigenvalue weighted by molar-refractivity contribution is 5.86. The number of rotatable bonds is 3. The van der Waals surface area contributed by atoms with E-state index in [1.807, 2.05) is 24.4 Å². The molecule has 112 valence electrons. The minimum absolute atomic E-state index is 0.724. The molecule has 4 nitrogen and oxygen atoms in total. The van der Waals surface area contributed by atoms with Crippen molar-refractivity contribution in [2.24, 2.45) is 4.99 Å². The van der Waals surface area contributed by atoms with Crippen LogP contribution in [0.4, 0.5) is 11.5 Å². The number of hydrogen-bond acceptors (Lipinski definition) is 4. The molecule has 1 aliphatic rings. The lowest BCUT2D eigenvalue weighted by Gasteiger charge is -2.08. The maximum atomic E-state index is 4.62. The third kappa shape index (κ3) is 2.83. The van der Waals surface area contributed by atoms with Crippen LogP contribution in [0.5, 0.6) is 0 Å². The van der Waals surface area contributed by atoms with Crippen LogP contribution in [0.2, 0.25) is 0 Å². The average molecular weight is 300 g/mol. The molecule has 1 aromatic heterocycles. The Morgan fingerprint density at radius 1 is 1.04 bits per heavy atom. The second-order valence-electron chi connectivity index (χ2n) is 5.64. The molecule has 0 radical (unpaired) electrons. The summed E-state index contributed by atoms with van der Waals surface area (Å²) in [6.45, 7) is 2.85. The van der Waals surface area contributed by atoms with Crippen molar-refractivity contribution in [1.82, 2.24) is 9.97 Å². The SMILES string of the molecule is Cc1cccc(-c2nccc(Nc3ccc4c(c3)C=NC4)n2)c1. The zero-order chi connectivity index (χ0) is 15.6. The maximum Gasteiger partial charge on any atom is 0.161 e. The average Bonchev–Trinajstić information content (AvgIpc) is 3.03. The molecule has 4 rings (SSSR count). The summed E-state index contributed by atoms with van der Waals surface area (Å²) in [6, 6.07) is 16.3. The molecule has 1 aliphatic heterocycles. The molecule has 2 heterocycles. The first-order valence-corrected chi connectivity index (χ1v) is 7.58. The van der Waals surface area contributed by atoms with Gasteiger partial charge in [-0.05, 0) is 42.3 Å². The Labute approximate surface area is 135 Å². The van der Waals surface area contributed by atoms with Crippen molar-refractivity contribution in [3.8, 4) is 11.4 Å². The summed E-state index contributed by atoms with van der Waals surface area (Å²) in [5.74, 6) is 1.51. The van der Waals surface area contributed by atoms with E-state index in [9.17, 15) is 0 Å². The Morgan fingerprint density at radius 3 is 2.91 bits per heavy atom. The van der Waals surface area contributed by atoms with Gasteiger partial charge in [-0.2, -0.15) is 0 Å². The fraction of sp³-hybridized carbons (Fsp3) is 0.105. The van der Waals surface area contributed by atoms with Gasteiger partial charge in [-0.3, -0.25) is 4.99 Å². The topological polar surface area (TPSA) is 50.2 Å². The minimum atomic E-state index is 0.724. The van der Waals surface area contributed by atoms with Gasteiger partial charge in [-0.1, -0.05) is 29.8 Å². The zero-order valence-corrected chi connectivity index (χ0v) is 12.8. The normalized spacial score (nSPS) is 12.2. The number of nitrogens with one attached hydrogen (secondary N) is 1. The van der Waals surface area contributed by atoms with Gasteiger partial charge >= 0.3 is 0 Å². The first-order chi connectivity index (χ1) is 11.3. The van der Waals surface area contributed by atoms with E-state index in [0.717, 1.165) is 29.4 Å². The predicted octanol–water partition coefficient (Wildman–Crippen LogP) is 4.13. The molecule has 0 atom stereocenters. The second-order valence-corrected chi connectivity index (χ2v) is 5.64. The van der Waals surface area contributed by atoms with Gasteiger partial charge in [0.25, 0.3) is 0 Å². The number of benzene rings is 2. The Bertz CT molecular complexity index is 899. The van der Waals surface area contributed by atoms with E-state index in [-0.39, 0.29) is 0 Å². The molecule has 0 fully saturated rings. The van der Waals surface area contributed by atoms with Crippen molar-refractivity contribution in [3.63, 3.8) is 0 Å². The lowest BCUT2D eigenvalue weighted by molar-refractivity contribution is 1.11. The van der Waals surface area contributed by atoms with Crippen LogP contribution in [-0.2, 0) is 6.54 Å². The largest absolute Gasteiger partial charge is 0.340 e. The van der Waals surface area contributed by atoms with Crippen LogP contribution in [0.15, 0.2) is 59.7 Å².